The van der Waals surface area contributed by atoms with Crippen LogP contribution in [0.2, 0.25) is 0 Å². The number of carboxylic acid groups (broad SMARTS) is 1. The van der Waals surface area contributed by atoms with E-state index in [0.29, 0.717) is 4.73 Å². The Kier molecular flexibility index (Phi) is 3.48. The van der Waals surface area contributed by atoms with Crippen LogP contribution in [0.4, 0.5) is 0 Å². The summed E-state index contributed by atoms with van der Waals surface area (Å²) in [6.45, 7) is 1.84. The van der Waals surface area contributed by atoms with Gasteiger partial charge in [0.15, 0.2) is 16.1 Å². The van der Waals surface area contributed by atoms with Crippen LogP contribution in [0, 0.1) is 23.2 Å². The Morgan fingerprint density at radius 1 is 1.73 bits per heavy atom. The number of hydrogen-bond acceptors (Lipinski definition) is 3. The number of imidazole rings is 1. The van der Waals surface area contributed by atoms with Crippen LogP contribution in [-0.2, 0) is 6.54 Å². The summed E-state index contributed by atoms with van der Waals surface area (Å²) in [5.74, 6) is 4.16. The van der Waals surface area contributed by atoms with Crippen molar-refractivity contribution < 1.29 is 9.90 Å². The molecule has 1 aromatic rings. The van der Waals surface area contributed by atoms with Gasteiger partial charge in [-0.15, -0.1) is 5.92 Å². The van der Waals surface area contributed by atoms with Crippen molar-refractivity contribution in [3.8, 4) is 17.9 Å². The third-order valence-electron chi connectivity index (χ3n) is 1.64. The molecule has 0 atom stereocenters. The normalized spacial score (nSPS) is 8.87. The van der Waals surface area contributed by atoms with Gasteiger partial charge < -0.3 is 9.67 Å². The lowest BCUT2D eigenvalue weighted by Gasteiger charge is -2.00. The Morgan fingerprint density at radius 2 is 2.40 bits per heavy atom. The number of carbonyl (C=O) groups is 1. The van der Waals surface area contributed by atoms with E-state index in [2.05, 4.69) is 32.8 Å². The largest absolute Gasteiger partial charge is 0.476 e. The van der Waals surface area contributed by atoms with E-state index in [1.807, 2.05) is 0 Å². The number of rotatable bonds is 2. The molecule has 0 amide bonds. The molecule has 0 aliphatic heterocycles. The van der Waals surface area contributed by atoms with Gasteiger partial charge in [0.05, 0.1) is 6.54 Å². The van der Waals surface area contributed by atoms with Gasteiger partial charge in [0.1, 0.15) is 6.07 Å². The maximum absolute atomic E-state index is 10.9. The topological polar surface area (TPSA) is 78.9 Å². The molecule has 15 heavy (non-hydrogen) atoms. The lowest BCUT2D eigenvalue weighted by Crippen LogP contribution is -2.09. The van der Waals surface area contributed by atoms with Gasteiger partial charge in [0, 0.05) is 0 Å². The maximum Gasteiger partial charge on any atom is 0.355 e. The van der Waals surface area contributed by atoms with Crippen molar-refractivity contribution in [3.63, 3.8) is 0 Å². The first-order valence-electron chi connectivity index (χ1n) is 3.90. The number of nitrogens with zero attached hydrogens (tertiary/aromatic N) is 3. The minimum absolute atomic E-state index is 0.118. The van der Waals surface area contributed by atoms with Crippen molar-refractivity contribution in [1.29, 1.82) is 5.26 Å². The Balaban J connectivity index is 3.34. The van der Waals surface area contributed by atoms with Gasteiger partial charge in [0.25, 0.3) is 0 Å². The molecule has 76 valence electrons. The number of hydrogen-bond donors (Lipinski definition) is 1. The van der Waals surface area contributed by atoms with Crippen molar-refractivity contribution in [3.05, 3.63) is 16.1 Å². The fourth-order valence-electron chi connectivity index (χ4n) is 1.02. The van der Waals surface area contributed by atoms with Crippen molar-refractivity contribution in [1.82, 2.24) is 9.55 Å². The number of carboxylic acids is 1. The molecule has 1 N–H and O–H groups in total. The SMILES string of the molecule is CC#CCn1c(Br)nc(C#N)c1C(=O)O. The molecule has 0 unspecified atom stereocenters. The van der Waals surface area contributed by atoms with Crippen molar-refractivity contribution >= 4 is 21.9 Å². The van der Waals surface area contributed by atoms with E-state index < -0.39 is 5.97 Å². The van der Waals surface area contributed by atoms with E-state index >= 15 is 0 Å². The third-order valence-corrected chi connectivity index (χ3v) is 2.25. The van der Waals surface area contributed by atoms with Gasteiger partial charge in [-0.3, -0.25) is 0 Å². The summed E-state index contributed by atoms with van der Waals surface area (Å²) in [6, 6.07) is 1.72. The van der Waals surface area contributed by atoms with E-state index in [-0.39, 0.29) is 17.9 Å². The van der Waals surface area contributed by atoms with Crippen LogP contribution in [0.15, 0.2) is 4.73 Å². The first kappa shape index (κ1) is 11.3. The van der Waals surface area contributed by atoms with Crippen LogP contribution in [-0.4, -0.2) is 20.6 Å². The Labute approximate surface area is 94.5 Å². The highest BCUT2D eigenvalue weighted by atomic mass is 79.9. The molecule has 0 saturated carbocycles. The quantitative estimate of drug-likeness (QED) is 0.818. The van der Waals surface area contributed by atoms with Gasteiger partial charge in [-0.1, -0.05) is 5.92 Å². The Hall–Kier alpha value is -1.79. The van der Waals surface area contributed by atoms with Gasteiger partial charge in [-0.25, -0.2) is 9.78 Å². The molecule has 1 heterocycles. The second-order valence-corrected chi connectivity index (χ2v) is 3.22. The molecule has 0 spiro atoms. The average molecular weight is 268 g/mol. The summed E-state index contributed by atoms with van der Waals surface area (Å²) in [5, 5.41) is 17.6. The molecule has 0 aliphatic rings. The van der Waals surface area contributed by atoms with E-state index in [1.54, 1.807) is 13.0 Å². The highest BCUT2D eigenvalue weighted by Crippen LogP contribution is 2.16. The van der Waals surface area contributed by atoms with E-state index in [9.17, 15) is 4.79 Å². The number of aromatic nitrogens is 2. The van der Waals surface area contributed by atoms with E-state index in [1.165, 1.54) is 4.57 Å². The van der Waals surface area contributed by atoms with Crippen LogP contribution in [0.5, 0.6) is 0 Å². The zero-order valence-electron chi connectivity index (χ0n) is 7.78. The average Bonchev–Trinajstić information content (AvgIpc) is 2.52. The molecular formula is C9H6BrN3O2. The standard InChI is InChI=1S/C9H6BrN3O2/c1-2-3-4-13-7(8(14)15)6(5-11)12-9(13)10/h4H2,1H3,(H,14,15). The minimum Gasteiger partial charge on any atom is -0.476 e. The summed E-state index contributed by atoms with van der Waals surface area (Å²) in [5.41, 5.74) is -0.264. The van der Waals surface area contributed by atoms with Crippen LogP contribution in [0.3, 0.4) is 0 Å². The van der Waals surface area contributed by atoms with E-state index in [4.69, 9.17) is 10.4 Å². The summed E-state index contributed by atoms with van der Waals surface area (Å²) in [6.07, 6.45) is 0. The van der Waals surface area contributed by atoms with Gasteiger partial charge in [-0.05, 0) is 22.9 Å². The van der Waals surface area contributed by atoms with Crippen LogP contribution < -0.4 is 0 Å². The molecule has 0 saturated heterocycles. The lowest BCUT2D eigenvalue weighted by atomic mass is 10.3. The summed E-state index contributed by atoms with van der Waals surface area (Å²) in [7, 11) is 0. The Morgan fingerprint density at radius 3 is 2.87 bits per heavy atom. The van der Waals surface area contributed by atoms with Crippen molar-refractivity contribution in [2.45, 2.75) is 13.5 Å². The fourth-order valence-corrected chi connectivity index (χ4v) is 1.50. The molecule has 0 fully saturated rings. The van der Waals surface area contributed by atoms with Gasteiger partial charge in [-0.2, -0.15) is 5.26 Å². The van der Waals surface area contributed by atoms with E-state index in [0.717, 1.165) is 0 Å². The molecule has 1 aromatic heterocycles. The van der Waals surface area contributed by atoms with Crippen molar-refractivity contribution in [2.24, 2.45) is 0 Å². The predicted molar refractivity (Wildman–Crippen MR) is 55.1 cm³/mol. The minimum atomic E-state index is -1.19. The molecule has 0 aromatic carbocycles. The van der Waals surface area contributed by atoms with Crippen LogP contribution >= 0.6 is 15.9 Å². The highest BCUT2D eigenvalue weighted by Gasteiger charge is 2.20. The second-order valence-electron chi connectivity index (χ2n) is 2.51. The lowest BCUT2D eigenvalue weighted by molar-refractivity contribution is 0.0685. The molecule has 0 radical (unpaired) electrons. The zero-order chi connectivity index (χ0) is 11.4. The van der Waals surface area contributed by atoms with Crippen LogP contribution in [0.25, 0.3) is 0 Å². The monoisotopic (exact) mass is 267 g/mol. The fraction of sp³-hybridized carbons (Fsp3) is 0.222. The molecular weight excluding hydrogens is 262 g/mol. The predicted octanol–water partition coefficient (Wildman–Crippen LogP) is 1.24. The highest BCUT2D eigenvalue weighted by molar-refractivity contribution is 9.10. The third kappa shape index (κ3) is 2.17. The van der Waals surface area contributed by atoms with Gasteiger partial charge in [0.2, 0.25) is 0 Å². The molecule has 6 heteroatoms. The smallest absolute Gasteiger partial charge is 0.355 e. The maximum atomic E-state index is 10.9. The summed E-state index contributed by atoms with van der Waals surface area (Å²) in [4.78, 5) is 14.7. The summed E-state index contributed by atoms with van der Waals surface area (Å²) < 4.78 is 1.62. The number of nitriles is 1. The molecule has 5 nitrogen and oxygen atoms in total. The first-order chi connectivity index (χ1) is 7.11. The Bertz CT molecular complexity index is 502. The van der Waals surface area contributed by atoms with Crippen molar-refractivity contribution in [2.75, 3.05) is 0 Å². The molecule has 0 bridgehead atoms. The zero-order valence-corrected chi connectivity index (χ0v) is 9.37. The molecule has 1 rings (SSSR count). The second kappa shape index (κ2) is 4.63. The van der Waals surface area contributed by atoms with Crippen LogP contribution in [0.1, 0.15) is 23.1 Å². The summed E-state index contributed by atoms with van der Waals surface area (Å²) >= 11 is 3.08. The number of halogens is 1. The first-order valence-corrected chi connectivity index (χ1v) is 4.70. The molecule has 0 aliphatic carbocycles. The number of aromatic carboxylic acids is 1. The van der Waals surface area contributed by atoms with Gasteiger partial charge >= 0.3 is 5.97 Å².